The Balaban J connectivity index is 1.44. The number of esters is 1. The van der Waals surface area contributed by atoms with E-state index >= 15 is 0 Å². The Kier molecular flexibility index (Phi) is 3.85. The standard InChI is InChI=1S/C14H24N2O2/c17-14-13(5-10-18-14)16-8-3-12(4-9-16)11-15-6-1-2-7-15/h12-13H,1-11H2. The van der Waals surface area contributed by atoms with E-state index in [9.17, 15) is 4.79 Å². The van der Waals surface area contributed by atoms with E-state index in [1.54, 1.807) is 0 Å². The highest BCUT2D eigenvalue weighted by atomic mass is 16.5. The molecule has 0 bridgehead atoms. The van der Waals surface area contributed by atoms with Gasteiger partial charge >= 0.3 is 5.97 Å². The molecule has 3 heterocycles. The number of cyclic esters (lactones) is 1. The van der Waals surface area contributed by atoms with Crippen molar-refractivity contribution in [3.63, 3.8) is 0 Å². The highest BCUT2D eigenvalue weighted by Crippen LogP contribution is 2.24. The zero-order valence-corrected chi connectivity index (χ0v) is 11.1. The van der Waals surface area contributed by atoms with Crippen molar-refractivity contribution in [1.29, 1.82) is 0 Å². The molecule has 1 unspecified atom stereocenters. The summed E-state index contributed by atoms with van der Waals surface area (Å²) in [6, 6.07) is 0.0673. The van der Waals surface area contributed by atoms with Crippen molar-refractivity contribution in [1.82, 2.24) is 9.80 Å². The Morgan fingerprint density at radius 1 is 1.06 bits per heavy atom. The second kappa shape index (κ2) is 5.57. The Hall–Kier alpha value is -0.610. The summed E-state index contributed by atoms with van der Waals surface area (Å²) in [6.07, 6.45) is 6.16. The fraction of sp³-hybridized carbons (Fsp3) is 0.929. The molecule has 3 fully saturated rings. The SMILES string of the molecule is O=C1OCCC1N1CCC(CN2CCCC2)CC1. The van der Waals surface area contributed by atoms with E-state index in [1.807, 2.05) is 0 Å². The van der Waals surface area contributed by atoms with E-state index in [-0.39, 0.29) is 12.0 Å². The normalized spacial score (nSPS) is 32.0. The summed E-state index contributed by atoms with van der Waals surface area (Å²) in [5, 5.41) is 0. The molecule has 0 aromatic heterocycles. The third kappa shape index (κ3) is 2.69. The average molecular weight is 252 g/mol. The number of carbonyl (C=O) groups excluding carboxylic acids is 1. The molecule has 4 heteroatoms. The van der Waals surface area contributed by atoms with Crippen LogP contribution in [0.3, 0.4) is 0 Å². The second-order valence-electron chi connectivity index (χ2n) is 5.96. The summed E-state index contributed by atoms with van der Waals surface area (Å²) in [5.41, 5.74) is 0. The van der Waals surface area contributed by atoms with Gasteiger partial charge in [0.25, 0.3) is 0 Å². The Morgan fingerprint density at radius 2 is 1.78 bits per heavy atom. The number of piperidine rings is 1. The van der Waals surface area contributed by atoms with Gasteiger partial charge in [-0.25, -0.2) is 0 Å². The zero-order chi connectivity index (χ0) is 12.4. The molecule has 18 heavy (non-hydrogen) atoms. The van der Waals surface area contributed by atoms with Crippen LogP contribution >= 0.6 is 0 Å². The lowest BCUT2D eigenvalue weighted by Crippen LogP contribution is -2.45. The van der Waals surface area contributed by atoms with Gasteiger partial charge in [0.15, 0.2) is 0 Å². The molecule has 3 saturated heterocycles. The van der Waals surface area contributed by atoms with Crippen molar-refractivity contribution >= 4 is 5.97 Å². The number of likely N-dealkylation sites (tertiary alicyclic amines) is 2. The van der Waals surface area contributed by atoms with E-state index in [1.165, 1.54) is 45.3 Å². The van der Waals surface area contributed by atoms with Crippen LogP contribution in [0.1, 0.15) is 32.1 Å². The van der Waals surface area contributed by atoms with Crippen LogP contribution in [-0.2, 0) is 9.53 Å². The predicted molar refractivity (Wildman–Crippen MR) is 69.3 cm³/mol. The monoisotopic (exact) mass is 252 g/mol. The largest absolute Gasteiger partial charge is 0.464 e. The van der Waals surface area contributed by atoms with Gasteiger partial charge in [-0.15, -0.1) is 0 Å². The van der Waals surface area contributed by atoms with Crippen molar-refractivity contribution < 1.29 is 9.53 Å². The van der Waals surface area contributed by atoms with Crippen molar-refractivity contribution in [2.75, 3.05) is 39.3 Å². The first kappa shape index (κ1) is 12.4. The molecular weight excluding hydrogens is 228 g/mol. The molecule has 0 aromatic carbocycles. The predicted octanol–water partition coefficient (Wildman–Crippen LogP) is 1.11. The van der Waals surface area contributed by atoms with Gasteiger partial charge in [-0.3, -0.25) is 9.69 Å². The lowest BCUT2D eigenvalue weighted by atomic mass is 9.95. The van der Waals surface area contributed by atoms with Crippen molar-refractivity contribution in [2.45, 2.75) is 38.1 Å². The molecule has 0 saturated carbocycles. The molecule has 3 aliphatic heterocycles. The van der Waals surface area contributed by atoms with Gasteiger partial charge in [-0.05, 0) is 57.8 Å². The lowest BCUT2D eigenvalue weighted by molar-refractivity contribution is -0.142. The van der Waals surface area contributed by atoms with E-state index in [4.69, 9.17) is 4.74 Å². The summed E-state index contributed by atoms with van der Waals surface area (Å²) in [6.45, 7) is 6.67. The molecule has 4 nitrogen and oxygen atoms in total. The van der Waals surface area contributed by atoms with E-state index in [2.05, 4.69) is 9.80 Å². The summed E-state index contributed by atoms with van der Waals surface area (Å²) in [4.78, 5) is 16.5. The number of nitrogens with zero attached hydrogens (tertiary/aromatic N) is 2. The van der Waals surface area contributed by atoms with Crippen LogP contribution in [0, 0.1) is 5.92 Å². The van der Waals surface area contributed by atoms with E-state index in [0.29, 0.717) is 6.61 Å². The maximum atomic E-state index is 11.6. The summed E-state index contributed by atoms with van der Waals surface area (Å²) >= 11 is 0. The molecule has 3 rings (SSSR count). The summed E-state index contributed by atoms with van der Waals surface area (Å²) in [5.74, 6) is 0.852. The first-order valence-corrected chi connectivity index (χ1v) is 7.46. The minimum Gasteiger partial charge on any atom is -0.464 e. The van der Waals surface area contributed by atoms with Crippen molar-refractivity contribution in [3.8, 4) is 0 Å². The number of carbonyl (C=O) groups is 1. The summed E-state index contributed by atoms with van der Waals surface area (Å²) < 4.78 is 5.06. The average Bonchev–Trinajstić information content (AvgIpc) is 3.02. The maximum Gasteiger partial charge on any atom is 0.323 e. The molecule has 3 aliphatic rings. The van der Waals surface area contributed by atoms with E-state index < -0.39 is 0 Å². The van der Waals surface area contributed by atoms with Crippen LogP contribution in [0.15, 0.2) is 0 Å². The molecule has 1 atom stereocenters. The van der Waals surface area contributed by atoms with Crippen LogP contribution in [-0.4, -0.2) is 61.1 Å². The van der Waals surface area contributed by atoms with Crippen LogP contribution in [0.2, 0.25) is 0 Å². The number of hydrogen-bond acceptors (Lipinski definition) is 4. The van der Waals surface area contributed by atoms with Gasteiger partial charge in [-0.2, -0.15) is 0 Å². The minimum atomic E-state index is 0.00740. The third-order valence-corrected chi connectivity index (χ3v) is 4.71. The zero-order valence-electron chi connectivity index (χ0n) is 11.1. The molecular formula is C14H24N2O2. The summed E-state index contributed by atoms with van der Waals surface area (Å²) in [7, 11) is 0. The fourth-order valence-electron chi connectivity index (χ4n) is 3.59. The molecule has 0 radical (unpaired) electrons. The minimum absolute atomic E-state index is 0.00740. The second-order valence-corrected chi connectivity index (χ2v) is 5.96. The van der Waals surface area contributed by atoms with E-state index in [0.717, 1.165) is 25.4 Å². The van der Waals surface area contributed by atoms with Crippen molar-refractivity contribution in [2.24, 2.45) is 5.92 Å². The van der Waals surface area contributed by atoms with Crippen LogP contribution in [0.4, 0.5) is 0 Å². The molecule has 0 aliphatic carbocycles. The number of rotatable bonds is 3. The lowest BCUT2D eigenvalue weighted by Gasteiger charge is -2.35. The van der Waals surface area contributed by atoms with Gasteiger partial charge in [0.2, 0.25) is 0 Å². The van der Waals surface area contributed by atoms with Crippen LogP contribution in [0.5, 0.6) is 0 Å². The molecule has 0 spiro atoms. The number of hydrogen-bond donors (Lipinski definition) is 0. The van der Waals surface area contributed by atoms with Gasteiger partial charge in [-0.1, -0.05) is 0 Å². The first-order valence-electron chi connectivity index (χ1n) is 7.46. The molecule has 0 aromatic rings. The smallest absolute Gasteiger partial charge is 0.323 e. The van der Waals surface area contributed by atoms with Gasteiger partial charge in [0.1, 0.15) is 6.04 Å². The maximum absolute atomic E-state index is 11.6. The number of ether oxygens (including phenoxy) is 1. The highest BCUT2D eigenvalue weighted by Gasteiger charge is 2.34. The van der Waals surface area contributed by atoms with Gasteiger partial charge in [0.05, 0.1) is 6.61 Å². The fourth-order valence-corrected chi connectivity index (χ4v) is 3.59. The first-order chi connectivity index (χ1) is 8.83. The van der Waals surface area contributed by atoms with Crippen molar-refractivity contribution in [3.05, 3.63) is 0 Å². The van der Waals surface area contributed by atoms with Crippen LogP contribution < -0.4 is 0 Å². The topological polar surface area (TPSA) is 32.8 Å². The Morgan fingerprint density at radius 3 is 2.39 bits per heavy atom. The molecule has 0 N–H and O–H groups in total. The molecule has 0 amide bonds. The van der Waals surface area contributed by atoms with Gasteiger partial charge in [0, 0.05) is 13.0 Å². The Bertz CT molecular complexity index is 294. The highest BCUT2D eigenvalue weighted by molar-refractivity contribution is 5.77. The third-order valence-electron chi connectivity index (χ3n) is 4.71. The van der Waals surface area contributed by atoms with Crippen LogP contribution in [0.25, 0.3) is 0 Å². The molecule has 102 valence electrons. The quantitative estimate of drug-likeness (QED) is 0.705. The Labute approximate surface area is 109 Å². The van der Waals surface area contributed by atoms with Gasteiger partial charge < -0.3 is 9.64 Å².